The van der Waals surface area contributed by atoms with Crippen LogP contribution in [0.2, 0.25) is 0 Å². The van der Waals surface area contributed by atoms with Gasteiger partial charge in [0, 0.05) is 25.0 Å². The Hall–Kier alpha value is -1.60. The molecule has 3 heterocycles. The smallest absolute Gasteiger partial charge is 0.267 e. The van der Waals surface area contributed by atoms with Gasteiger partial charge in [-0.1, -0.05) is 17.4 Å². The maximum absolute atomic E-state index is 12.5. The number of hydrogen-bond acceptors (Lipinski definition) is 6. The first kappa shape index (κ1) is 14.3. The Kier molecular flexibility index (Phi) is 4.12. The molecule has 7 heteroatoms. The highest BCUT2D eigenvalue weighted by Crippen LogP contribution is 2.31. The molecule has 1 aliphatic rings. The van der Waals surface area contributed by atoms with Crippen molar-refractivity contribution in [3.63, 3.8) is 0 Å². The number of carbonyl (C=O) groups excluding carboxylic acids is 1. The van der Waals surface area contributed by atoms with E-state index in [4.69, 9.17) is 5.73 Å². The summed E-state index contributed by atoms with van der Waals surface area (Å²) in [5, 5.41) is 2.89. The van der Waals surface area contributed by atoms with E-state index in [0.29, 0.717) is 17.2 Å². The SMILES string of the molecule is CN(Cc1cccs1)C(=O)c1sc(N2CCCC2)nc1N. The van der Waals surface area contributed by atoms with Crippen LogP contribution in [0.25, 0.3) is 0 Å². The summed E-state index contributed by atoms with van der Waals surface area (Å²) >= 11 is 3.06. The molecule has 0 bridgehead atoms. The van der Waals surface area contributed by atoms with E-state index in [-0.39, 0.29) is 5.91 Å². The molecule has 3 rings (SSSR count). The Bertz CT molecular complexity index is 617. The van der Waals surface area contributed by atoms with Crippen LogP contribution < -0.4 is 10.6 Å². The van der Waals surface area contributed by atoms with E-state index in [1.54, 1.807) is 23.3 Å². The highest BCUT2D eigenvalue weighted by atomic mass is 32.1. The monoisotopic (exact) mass is 322 g/mol. The van der Waals surface area contributed by atoms with Crippen LogP contribution in [0.15, 0.2) is 17.5 Å². The normalized spacial score (nSPS) is 14.6. The molecule has 0 atom stereocenters. The number of aromatic nitrogens is 1. The molecule has 112 valence electrons. The zero-order valence-corrected chi connectivity index (χ0v) is 13.5. The van der Waals surface area contributed by atoms with Gasteiger partial charge in [0.15, 0.2) is 5.13 Å². The standard InChI is InChI=1S/C14H18N4OS2/c1-17(9-10-5-4-8-20-10)13(19)11-12(15)16-14(21-11)18-6-2-3-7-18/h4-5,8H,2-3,6-7,9,15H2,1H3. The maximum atomic E-state index is 12.5. The molecule has 0 spiro atoms. The fourth-order valence-corrected chi connectivity index (χ4v) is 4.19. The maximum Gasteiger partial charge on any atom is 0.267 e. The molecular formula is C14H18N4OS2. The molecule has 2 aromatic rings. The number of anilines is 2. The van der Waals surface area contributed by atoms with Crippen molar-refractivity contribution >= 4 is 39.5 Å². The minimum atomic E-state index is -0.0520. The Labute approximate surface area is 132 Å². The second kappa shape index (κ2) is 6.03. The van der Waals surface area contributed by atoms with Gasteiger partial charge in [-0.15, -0.1) is 11.3 Å². The molecule has 2 aromatic heterocycles. The summed E-state index contributed by atoms with van der Waals surface area (Å²) in [7, 11) is 1.80. The molecule has 0 aromatic carbocycles. The number of nitrogens with two attached hydrogens (primary N) is 1. The van der Waals surface area contributed by atoms with Gasteiger partial charge < -0.3 is 15.5 Å². The van der Waals surface area contributed by atoms with Gasteiger partial charge in [0.2, 0.25) is 0 Å². The number of hydrogen-bond donors (Lipinski definition) is 1. The van der Waals surface area contributed by atoms with Crippen LogP contribution in [-0.2, 0) is 6.54 Å². The lowest BCUT2D eigenvalue weighted by Crippen LogP contribution is -2.25. The molecule has 0 radical (unpaired) electrons. The molecule has 1 amide bonds. The minimum Gasteiger partial charge on any atom is -0.382 e. The van der Waals surface area contributed by atoms with Crippen molar-refractivity contribution in [2.75, 3.05) is 30.8 Å². The van der Waals surface area contributed by atoms with Crippen LogP contribution in [0, 0.1) is 0 Å². The number of amides is 1. The van der Waals surface area contributed by atoms with E-state index in [9.17, 15) is 4.79 Å². The van der Waals surface area contributed by atoms with Crippen molar-refractivity contribution in [3.8, 4) is 0 Å². The Morgan fingerprint density at radius 3 is 2.90 bits per heavy atom. The van der Waals surface area contributed by atoms with Gasteiger partial charge in [0.05, 0.1) is 6.54 Å². The third-order valence-electron chi connectivity index (χ3n) is 3.53. The van der Waals surface area contributed by atoms with Gasteiger partial charge in [-0.2, -0.15) is 0 Å². The molecular weight excluding hydrogens is 304 g/mol. The van der Waals surface area contributed by atoms with Crippen LogP contribution in [0.3, 0.4) is 0 Å². The zero-order valence-electron chi connectivity index (χ0n) is 11.9. The van der Waals surface area contributed by atoms with E-state index in [0.717, 1.165) is 23.1 Å². The first-order valence-corrected chi connectivity index (χ1v) is 8.64. The molecule has 5 nitrogen and oxygen atoms in total. The summed E-state index contributed by atoms with van der Waals surface area (Å²) in [6, 6.07) is 4.02. The lowest BCUT2D eigenvalue weighted by molar-refractivity contribution is 0.0792. The van der Waals surface area contributed by atoms with Crippen molar-refractivity contribution in [3.05, 3.63) is 27.3 Å². The molecule has 0 unspecified atom stereocenters. The minimum absolute atomic E-state index is 0.0520. The van der Waals surface area contributed by atoms with Crippen LogP contribution in [0.5, 0.6) is 0 Å². The highest BCUT2D eigenvalue weighted by molar-refractivity contribution is 7.18. The van der Waals surface area contributed by atoms with Gasteiger partial charge in [-0.05, 0) is 24.3 Å². The molecule has 2 N–H and O–H groups in total. The molecule has 21 heavy (non-hydrogen) atoms. The van der Waals surface area contributed by atoms with Crippen molar-refractivity contribution in [2.45, 2.75) is 19.4 Å². The summed E-state index contributed by atoms with van der Waals surface area (Å²) in [4.78, 5) is 22.5. The fraction of sp³-hybridized carbons (Fsp3) is 0.429. The number of thiazole rings is 1. The third-order valence-corrected chi connectivity index (χ3v) is 5.51. The summed E-state index contributed by atoms with van der Waals surface area (Å²) in [5.41, 5.74) is 5.95. The van der Waals surface area contributed by atoms with E-state index in [1.165, 1.54) is 24.2 Å². The predicted molar refractivity (Wildman–Crippen MR) is 88.1 cm³/mol. The van der Waals surface area contributed by atoms with Crippen LogP contribution >= 0.6 is 22.7 Å². The Balaban J connectivity index is 1.74. The number of nitrogens with zero attached hydrogens (tertiary/aromatic N) is 3. The third kappa shape index (κ3) is 3.03. The van der Waals surface area contributed by atoms with Gasteiger partial charge in [-0.3, -0.25) is 4.79 Å². The van der Waals surface area contributed by atoms with Crippen LogP contribution in [-0.4, -0.2) is 35.9 Å². The molecule has 1 saturated heterocycles. The predicted octanol–water partition coefficient (Wildman–Crippen LogP) is 2.66. The molecule has 0 saturated carbocycles. The summed E-state index contributed by atoms with van der Waals surface area (Å²) in [6.07, 6.45) is 2.36. The van der Waals surface area contributed by atoms with Crippen molar-refractivity contribution in [1.29, 1.82) is 0 Å². The van der Waals surface area contributed by atoms with Crippen LogP contribution in [0.4, 0.5) is 10.9 Å². The summed E-state index contributed by atoms with van der Waals surface area (Å²) in [6.45, 7) is 2.62. The fourth-order valence-electron chi connectivity index (χ4n) is 2.40. The Morgan fingerprint density at radius 2 is 2.24 bits per heavy atom. The second-order valence-corrected chi connectivity index (χ2v) is 7.16. The zero-order chi connectivity index (χ0) is 14.8. The second-order valence-electron chi connectivity index (χ2n) is 5.15. The lowest BCUT2D eigenvalue weighted by Gasteiger charge is -2.15. The van der Waals surface area contributed by atoms with E-state index in [2.05, 4.69) is 9.88 Å². The topological polar surface area (TPSA) is 62.5 Å². The van der Waals surface area contributed by atoms with E-state index in [1.807, 2.05) is 17.5 Å². The lowest BCUT2D eigenvalue weighted by atomic mass is 10.4. The quantitative estimate of drug-likeness (QED) is 0.940. The average Bonchev–Trinajstić information content (AvgIpc) is 3.18. The number of thiophene rings is 1. The van der Waals surface area contributed by atoms with Gasteiger partial charge in [0.1, 0.15) is 10.7 Å². The van der Waals surface area contributed by atoms with E-state index < -0.39 is 0 Å². The van der Waals surface area contributed by atoms with E-state index >= 15 is 0 Å². The molecule has 0 aliphatic carbocycles. The first-order valence-electron chi connectivity index (χ1n) is 6.94. The average molecular weight is 322 g/mol. The number of rotatable bonds is 4. The van der Waals surface area contributed by atoms with Crippen LogP contribution in [0.1, 0.15) is 27.4 Å². The van der Waals surface area contributed by atoms with Crippen molar-refractivity contribution in [1.82, 2.24) is 9.88 Å². The van der Waals surface area contributed by atoms with Crippen molar-refractivity contribution in [2.24, 2.45) is 0 Å². The Morgan fingerprint density at radius 1 is 1.48 bits per heavy atom. The van der Waals surface area contributed by atoms with Gasteiger partial charge in [-0.25, -0.2) is 4.98 Å². The summed E-state index contributed by atoms with van der Waals surface area (Å²) < 4.78 is 0. The highest BCUT2D eigenvalue weighted by Gasteiger charge is 2.23. The largest absolute Gasteiger partial charge is 0.382 e. The molecule has 1 fully saturated rings. The first-order chi connectivity index (χ1) is 10.1. The summed E-state index contributed by atoms with van der Waals surface area (Å²) in [5.74, 6) is 0.300. The number of nitrogen functional groups attached to an aromatic ring is 1. The number of carbonyl (C=O) groups is 1. The molecule has 1 aliphatic heterocycles. The van der Waals surface area contributed by atoms with Gasteiger partial charge in [0.25, 0.3) is 5.91 Å². The van der Waals surface area contributed by atoms with Gasteiger partial charge >= 0.3 is 0 Å². The van der Waals surface area contributed by atoms with Crippen molar-refractivity contribution < 1.29 is 4.79 Å².